The monoisotopic (exact) mass is 424 g/mol. The highest BCUT2D eigenvalue weighted by Gasteiger charge is 2.56. The molecule has 0 amide bonds. The molecule has 8 atom stereocenters. The second kappa shape index (κ2) is 7.17. The lowest BCUT2D eigenvalue weighted by Crippen LogP contribution is -2.53. The van der Waals surface area contributed by atoms with E-state index in [9.17, 15) is 9.90 Å². The van der Waals surface area contributed by atoms with E-state index in [2.05, 4.69) is 29.8 Å². The number of carbonyl (C=O) groups is 1. The minimum absolute atomic E-state index is 0.243. The van der Waals surface area contributed by atoms with E-state index in [1.54, 1.807) is 0 Å². The summed E-state index contributed by atoms with van der Waals surface area (Å²) in [6.07, 6.45) is 13.5. The normalized spacial score (nSPS) is 51.5. The molecule has 0 unspecified atom stereocenters. The average Bonchev–Trinajstić information content (AvgIpc) is 2.76. The Labute approximate surface area is 168 Å². The molecule has 0 spiro atoms. The first kappa shape index (κ1) is 19.4. The fourth-order valence-electron chi connectivity index (χ4n) is 8.14. The molecule has 4 rings (SSSR count). The third-order valence-corrected chi connectivity index (χ3v) is 9.79. The van der Waals surface area contributed by atoms with Crippen molar-refractivity contribution >= 4 is 21.7 Å². The van der Waals surface area contributed by atoms with E-state index in [0.29, 0.717) is 11.1 Å². The second-order valence-corrected chi connectivity index (χ2v) is 11.2. The van der Waals surface area contributed by atoms with Crippen LogP contribution in [-0.4, -0.2) is 21.8 Å². The number of hydrogen-bond donors (Lipinski definition) is 1. The van der Waals surface area contributed by atoms with Gasteiger partial charge in [0.15, 0.2) is 0 Å². The first-order valence-corrected chi connectivity index (χ1v) is 12.3. The van der Waals surface area contributed by atoms with Gasteiger partial charge < -0.3 is 5.11 Å². The number of rotatable bonds is 2. The molecule has 0 radical (unpaired) electrons. The fourth-order valence-corrected chi connectivity index (χ4v) is 8.53. The standard InChI is InChI=1S/C23H37BrO2/c1-22(26)11-4-5-16-15(13-22)8-9-18-17(16)10-12-23(2)19(18)6-3-7-20(23)21(25)14-24/h15-20,26H,3-14H2,1-2H3/t15-,16+,17-,18-,19+,20-,22-,23+/m1/s1. The van der Waals surface area contributed by atoms with Crippen molar-refractivity contribution in [2.75, 3.05) is 5.33 Å². The van der Waals surface area contributed by atoms with Gasteiger partial charge in [0.25, 0.3) is 0 Å². The van der Waals surface area contributed by atoms with E-state index in [4.69, 9.17) is 0 Å². The van der Waals surface area contributed by atoms with Crippen LogP contribution in [0.25, 0.3) is 0 Å². The summed E-state index contributed by atoms with van der Waals surface area (Å²) < 4.78 is 0. The third kappa shape index (κ3) is 3.23. The molecule has 0 aromatic heterocycles. The number of fused-ring (bicyclic) bond motifs is 5. The SMILES string of the molecule is C[C@@]1(O)CCC[C@H]2[C@H](CC[C@@H]3[C@@H]2CC[C@]2(C)[C@@H](C(=O)CBr)CCC[C@@H]32)C1. The molecule has 4 aliphatic carbocycles. The van der Waals surface area contributed by atoms with Crippen molar-refractivity contribution in [3.8, 4) is 0 Å². The van der Waals surface area contributed by atoms with E-state index in [0.717, 1.165) is 48.9 Å². The van der Waals surface area contributed by atoms with E-state index < -0.39 is 5.60 Å². The first-order valence-electron chi connectivity index (χ1n) is 11.2. The Bertz CT molecular complexity index is 544. The van der Waals surface area contributed by atoms with Gasteiger partial charge in [0.05, 0.1) is 10.9 Å². The summed E-state index contributed by atoms with van der Waals surface area (Å²) in [5.41, 5.74) is -0.193. The van der Waals surface area contributed by atoms with E-state index in [1.807, 2.05) is 0 Å². The average molecular weight is 425 g/mol. The molecule has 148 valence electrons. The number of carbonyl (C=O) groups excluding carboxylic acids is 1. The molecule has 4 saturated carbocycles. The molecule has 0 aromatic rings. The van der Waals surface area contributed by atoms with Crippen molar-refractivity contribution in [1.82, 2.24) is 0 Å². The van der Waals surface area contributed by atoms with Crippen LogP contribution in [0.1, 0.15) is 84.5 Å². The van der Waals surface area contributed by atoms with Gasteiger partial charge in [-0.05, 0) is 99.7 Å². The largest absolute Gasteiger partial charge is 0.390 e. The minimum Gasteiger partial charge on any atom is -0.390 e. The Hall–Kier alpha value is 0.110. The molecule has 0 aliphatic heterocycles. The highest BCUT2D eigenvalue weighted by Crippen LogP contribution is 2.63. The molecule has 0 bridgehead atoms. The lowest BCUT2D eigenvalue weighted by atomic mass is 9.45. The number of ketones is 1. The highest BCUT2D eigenvalue weighted by molar-refractivity contribution is 9.09. The van der Waals surface area contributed by atoms with Crippen LogP contribution in [0.3, 0.4) is 0 Å². The van der Waals surface area contributed by atoms with E-state index in [1.165, 1.54) is 51.4 Å². The number of halogens is 1. The minimum atomic E-state index is -0.437. The summed E-state index contributed by atoms with van der Waals surface area (Å²) in [7, 11) is 0. The van der Waals surface area contributed by atoms with Crippen LogP contribution in [0, 0.1) is 40.9 Å². The lowest BCUT2D eigenvalue weighted by molar-refractivity contribution is -0.140. The molecule has 1 N–H and O–H groups in total. The first-order chi connectivity index (χ1) is 12.4. The fraction of sp³-hybridized carbons (Fsp3) is 0.957. The van der Waals surface area contributed by atoms with Crippen molar-refractivity contribution in [3.05, 3.63) is 0 Å². The van der Waals surface area contributed by atoms with Gasteiger partial charge in [0.2, 0.25) is 0 Å². The summed E-state index contributed by atoms with van der Waals surface area (Å²) in [6, 6.07) is 0. The zero-order chi connectivity index (χ0) is 18.5. The molecule has 3 heteroatoms. The van der Waals surface area contributed by atoms with Crippen molar-refractivity contribution in [2.24, 2.45) is 40.9 Å². The van der Waals surface area contributed by atoms with Gasteiger partial charge in [-0.25, -0.2) is 0 Å². The predicted octanol–water partition coefficient (Wildman–Crippen LogP) is 5.75. The van der Waals surface area contributed by atoms with Crippen molar-refractivity contribution in [3.63, 3.8) is 0 Å². The van der Waals surface area contributed by atoms with Gasteiger partial charge in [-0.15, -0.1) is 0 Å². The maximum atomic E-state index is 12.7. The molecule has 0 aromatic carbocycles. The molecule has 4 fully saturated rings. The molecule has 4 aliphatic rings. The Balaban J connectivity index is 1.57. The molecule has 2 nitrogen and oxygen atoms in total. The topological polar surface area (TPSA) is 37.3 Å². The van der Waals surface area contributed by atoms with Crippen molar-refractivity contribution < 1.29 is 9.90 Å². The van der Waals surface area contributed by atoms with Gasteiger partial charge in [0.1, 0.15) is 5.78 Å². The third-order valence-electron chi connectivity index (χ3n) is 9.24. The number of alkyl halides is 1. The molecular weight excluding hydrogens is 388 g/mol. The highest BCUT2D eigenvalue weighted by atomic mass is 79.9. The summed E-state index contributed by atoms with van der Waals surface area (Å²) in [5, 5.41) is 11.2. The van der Waals surface area contributed by atoms with Gasteiger partial charge >= 0.3 is 0 Å². The maximum Gasteiger partial charge on any atom is 0.147 e. The quantitative estimate of drug-likeness (QED) is 0.572. The second-order valence-electron chi connectivity index (χ2n) is 10.7. The zero-order valence-corrected chi connectivity index (χ0v) is 18.3. The maximum absolute atomic E-state index is 12.7. The van der Waals surface area contributed by atoms with Crippen LogP contribution in [0.15, 0.2) is 0 Å². The Morgan fingerprint density at radius 2 is 1.77 bits per heavy atom. The van der Waals surface area contributed by atoms with Crippen LogP contribution < -0.4 is 0 Å². The summed E-state index contributed by atoms with van der Waals surface area (Å²) in [5.74, 6) is 4.76. The summed E-state index contributed by atoms with van der Waals surface area (Å²) in [6.45, 7) is 4.53. The van der Waals surface area contributed by atoms with Gasteiger partial charge in [-0.2, -0.15) is 0 Å². The van der Waals surface area contributed by atoms with Crippen LogP contribution in [0.2, 0.25) is 0 Å². The molecular formula is C23H37BrO2. The molecule has 0 heterocycles. The van der Waals surface area contributed by atoms with E-state index >= 15 is 0 Å². The molecule has 26 heavy (non-hydrogen) atoms. The predicted molar refractivity (Wildman–Crippen MR) is 109 cm³/mol. The van der Waals surface area contributed by atoms with Gasteiger partial charge in [-0.3, -0.25) is 4.79 Å². The van der Waals surface area contributed by atoms with Crippen LogP contribution >= 0.6 is 15.9 Å². The summed E-state index contributed by atoms with van der Waals surface area (Å²) in [4.78, 5) is 12.7. The van der Waals surface area contributed by atoms with Gasteiger partial charge in [0, 0.05) is 5.92 Å². The molecule has 0 saturated heterocycles. The summed E-state index contributed by atoms with van der Waals surface area (Å²) >= 11 is 3.45. The number of hydrogen-bond acceptors (Lipinski definition) is 2. The van der Waals surface area contributed by atoms with Crippen LogP contribution in [0.4, 0.5) is 0 Å². The number of Topliss-reactive ketones (excluding diaryl/α,β-unsaturated/α-hetero) is 1. The van der Waals surface area contributed by atoms with Gasteiger partial charge in [-0.1, -0.05) is 35.7 Å². The Kier molecular flexibility index (Phi) is 5.36. The Morgan fingerprint density at radius 1 is 0.962 bits per heavy atom. The Morgan fingerprint density at radius 3 is 2.54 bits per heavy atom. The smallest absolute Gasteiger partial charge is 0.147 e. The lowest BCUT2D eigenvalue weighted by Gasteiger charge is -2.59. The van der Waals surface area contributed by atoms with Crippen molar-refractivity contribution in [1.29, 1.82) is 0 Å². The van der Waals surface area contributed by atoms with Crippen molar-refractivity contribution in [2.45, 2.75) is 90.1 Å². The number of aliphatic hydroxyl groups is 1. The van der Waals surface area contributed by atoms with Crippen LogP contribution in [-0.2, 0) is 4.79 Å². The zero-order valence-electron chi connectivity index (χ0n) is 16.7. The van der Waals surface area contributed by atoms with E-state index in [-0.39, 0.29) is 11.3 Å². The van der Waals surface area contributed by atoms with Crippen LogP contribution in [0.5, 0.6) is 0 Å².